The fraction of sp³-hybridized carbons (Fsp3) is 0.0588. The summed E-state index contributed by atoms with van der Waals surface area (Å²) in [6.07, 6.45) is -1.41. The number of nitrogens with zero attached hydrogens (tertiary/aromatic N) is 2. The van der Waals surface area contributed by atoms with Gasteiger partial charge in [-0.05, 0) is 29.8 Å². The number of amides is 1. The van der Waals surface area contributed by atoms with Crippen molar-refractivity contribution >= 4 is 16.8 Å². The van der Waals surface area contributed by atoms with Crippen LogP contribution >= 0.6 is 0 Å². The second-order valence-electron chi connectivity index (χ2n) is 5.10. The number of alkyl halides is 3. The van der Waals surface area contributed by atoms with E-state index >= 15 is 0 Å². The Kier molecular flexibility index (Phi) is 3.92. The number of hydrogen-bond acceptors (Lipinski definition) is 3. The van der Waals surface area contributed by atoms with Crippen LogP contribution in [0.25, 0.3) is 22.2 Å². The number of rotatable bonds is 3. The molecule has 0 saturated carbocycles. The van der Waals surface area contributed by atoms with E-state index in [0.717, 1.165) is 0 Å². The van der Waals surface area contributed by atoms with Crippen molar-refractivity contribution in [3.63, 3.8) is 0 Å². The van der Waals surface area contributed by atoms with Crippen molar-refractivity contribution in [3.05, 3.63) is 66.3 Å². The van der Waals surface area contributed by atoms with Crippen molar-refractivity contribution in [2.75, 3.05) is 0 Å². The van der Waals surface area contributed by atoms with E-state index in [1.807, 2.05) is 0 Å². The third-order valence-electron chi connectivity index (χ3n) is 3.39. The number of halogens is 3. The largest absolute Gasteiger partial charge is 0.396 e. The number of para-hydroxylation sites is 1. The van der Waals surface area contributed by atoms with Crippen LogP contribution in [0.5, 0.6) is 0 Å². The third kappa shape index (κ3) is 3.19. The topological polar surface area (TPSA) is 68.9 Å². The lowest BCUT2D eigenvalue weighted by Crippen LogP contribution is -2.13. The predicted molar refractivity (Wildman–Crippen MR) is 82.9 cm³/mol. The molecule has 0 aliphatic heterocycles. The van der Waals surface area contributed by atoms with E-state index in [1.54, 1.807) is 24.3 Å². The van der Waals surface area contributed by atoms with Gasteiger partial charge >= 0.3 is 6.18 Å². The van der Waals surface area contributed by atoms with Gasteiger partial charge in [0.2, 0.25) is 0 Å². The summed E-state index contributed by atoms with van der Waals surface area (Å²) in [6.45, 7) is 0. The van der Waals surface area contributed by atoms with Crippen molar-refractivity contribution < 1.29 is 18.0 Å². The van der Waals surface area contributed by atoms with Crippen LogP contribution in [-0.2, 0) is 0 Å². The van der Waals surface area contributed by atoms with Gasteiger partial charge in [0.15, 0.2) is 0 Å². The molecule has 0 aliphatic rings. The predicted octanol–water partition coefficient (Wildman–Crippen LogP) is 3.51. The van der Waals surface area contributed by atoms with Crippen molar-refractivity contribution in [1.29, 1.82) is 0 Å². The van der Waals surface area contributed by atoms with Crippen molar-refractivity contribution in [3.8, 4) is 11.3 Å². The van der Waals surface area contributed by atoms with E-state index < -0.39 is 12.1 Å². The van der Waals surface area contributed by atoms with Crippen LogP contribution in [0.15, 0.2) is 48.8 Å². The molecule has 4 nitrogen and oxygen atoms in total. The molecule has 2 heterocycles. The smallest absolute Gasteiger partial charge is 0.366 e. The molecular weight excluding hydrogens is 319 g/mol. The molecule has 0 aliphatic carbocycles. The molecule has 1 aromatic carbocycles. The molecule has 2 aromatic heterocycles. The minimum absolute atomic E-state index is 0.0848. The molecule has 0 bridgehead atoms. The highest BCUT2D eigenvalue weighted by atomic mass is 19.4. The number of carbonyl (C=O) groups excluding carboxylic acids is 1. The van der Waals surface area contributed by atoms with Gasteiger partial charge in [0.25, 0.3) is 5.91 Å². The minimum Gasteiger partial charge on any atom is -0.366 e. The highest BCUT2D eigenvalue weighted by Gasteiger charge is 2.30. The van der Waals surface area contributed by atoms with Crippen LogP contribution in [0.4, 0.5) is 13.2 Å². The Hall–Kier alpha value is -2.96. The molecule has 0 fully saturated rings. The number of pyridine rings is 2. The molecule has 0 saturated heterocycles. The lowest BCUT2D eigenvalue weighted by molar-refractivity contribution is -0.0927. The molecule has 24 heavy (non-hydrogen) atoms. The van der Waals surface area contributed by atoms with Gasteiger partial charge < -0.3 is 5.73 Å². The molecule has 0 atom stereocenters. The Balaban J connectivity index is 2.30. The van der Waals surface area contributed by atoms with Crippen molar-refractivity contribution in [1.82, 2.24) is 9.97 Å². The van der Waals surface area contributed by atoms with Gasteiger partial charge in [0, 0.05) is 23.3 Å². The van der Waals surface area contributed by atoms with Gasteiger partial charge in [-0.2, -0.15) is 13.2 Å². The number of aromatic nitrogens is 2. The fourth-order valence-corrected chi connectivity index (χ4v) is 2.43. The third-order valence-corrected chi connectivity index (χ3v) is 3.39. The molecule has 3 aromatic rings. The van der Waals surface area contributed by atoms with E-state index in [0.29, 0.717) is 10.9 Å². The van der Waals surface area contributed by atoms with Gasteiger partial charge in [-0.3, -0.25) is 9.78 Å². The molecule has 1 radical (unpaired) electrons. The summed E-state index contributed by atoms with van der Waals surface area (Å²) >= 11 is 0. The summed E-state index contributed by atoms with van der Waals surface area (Å²) in [7, 11) is 0. The Morgan fingerprint density at radius 2 is 1.96 bits per heavy atom. The SMILES string of the molecule is NC(=O)c1cccc2cc([CH]C(F)(F)F)c(-c3cccnc3)nc12. The number of fused-ring (bicyclic) bond motifs is 1. The molecule has 121 valence electrons. The molecular formula is C17H11F3N3O. The Morgan fingerprint density at radius 3 is 2.58 bits per heavy atom. The molecule has 0 unspecified atom stereocenters. The number of nitrogens with two attached hydrogens (primary N) is 1. The fourth-order valence-electron chi connectivity index (χ4n) is 2.43. The van der Waals surface area contributed by atoms with Gasteiger partial charge in [-0.25, -0.2) is 4.98 Å². The number of carbonyl (C=O) groups is 1. The lowest BCUT2D eigenvalue weighted by atomic mass is 10.00. The van der Waals surface area contributed by atoms with Crippen LogP contribution in [-0.4, -0.2) is 22.1 Å². The molecule has 2 N–H and O–H groups in total. The number of benzene rings is 1. The van der Waals surface area contributed by atoms with Gasteiger partial charge in [-0.1, -0.05) is 12.1 Å². The van der Waals surface area contributed by atoms with Gasteiger partial charge in [-0.15, -0.1) is 0 Å². The van der Waals surface area contributed by atoms with Crippen molar-refractivity contribution in [2.24, 2.45) is 5.73 Å². The Morgan fingerprint density at radius 1 is 1.17 bits per heavy atom. The Bertz CT molecular complexity index is 908. The second kappa shape index (κ2) is 5.92. The lowest BCUT2D eigenvalue weighted by Gasteiger charge is -2.13. The number of hydrogen-bond donors (Lipinski definition) is 1. The first-order chi connectivity index (χ1) is 11.3. The van der Waals surface area contributed by atoms with Crippen LogP contribution in [0.1, 0.15) is 15.9 Å². The Labute approximate surface area is 135 Å². The monoisotopic (exact) mass is 330 g/mol. The van der Waals surface area contributed by atoms with Crippen LogP contribution in [0.2, 0.25) is 0 Å². The average molecular weight is 330 g/mol. The van der Waals surface area contributed by atoms with Gasteiger partial charge in [0.1, 0.15) is 0 Å². The summed E-state index contributed by atoms with van der Waals surface area (Å²) in [4.78, 5) is 19.7. The summed E-state index contributed by atoms with van der Waals surface area (Å²) in [5.74, 6) is -0.696. The normalized spacial score (nSPS) is 11.6. The zero-order chi connectivity index (χ0) is 17.3. The second-order valence-corrected chi connectivity index (χ2v) is 5.10. The minimum atomic E-state index is -4.51. The first kappa shape index (κ1) is 15.9. The average Bonchev–Trinajstić information content (AvgIpc) is 2.52. The van der Waals surface area contributed by atoms with Crippen LogP contribution in [0, 0.1) is 6.42 Å². The standard InChI is InChI=1S/C17H11F3N3O/c18-17(19,20)8-12-7-10-3-1-5-13(16(21)24)15(10)23-14(12)11-4-2-6-22-9-11/h1-9H,(H2,21,24). The maximum absolute atomic E-state index is 12.9. The van der Waals surface area contributed by atoms with Crippen LogP contribution in [0.3, 0.4) is 0 Å². The highest BCUT2D eigenvalue weighted by molar-refractivity contribution is 6.05. The summed E-state index contributed by atoms with van der Waals surface area (Å²) in [5, 5.41) is 0.398. The van der Waals surface area contributed by atoms with Gasteiger partial charge in [0.05, 0.1) is 23.2 Å². The zero-order valence-corrected chi connectivity index (χ0v) is 12.2. The maximum Gasteiger partial charge on any atom is 0.396 e. The molecule has 7 heteroatoms. The summed E-state index contributed by atoms with van der Waals surface area (Å²) < 4.78 is 38.6. The molecule has 1 amide bonds. The molecule has 0 spiro atoms. The summed E-state index contributed by atoms with van der Waals surface area (Å²) in [6, 6.07) is 9.14. The van der Waals surface area contributed by atoms with Crippen LogP contribution < -0.4 is 5.73 Å². The van der Waals surface area contributed by atoms with E-state index in [-0.39, 0.29) is 28.8 Å². The highest BCUT2D eigenvalue weighted by Crippen LogP contribution is 2.32. The summed E-state index contributed by atoms with van der Waals surface area (Å²) in [5.41, 5.74) is 6.12. The quantitative estimate of drug-likeness (QED) is 0.799. The maximum atomic E-state index is 12.9. The van der Waals surface area contributed by atoms with E-state index in [4.69, 9.17) is 5.73 Å². The van der Waals surface area contributed by atoms with Crippen molar-refractivity contribution in [2.45, 2.75) is 6.18 Å². The number of primary amides is 1. The van der Waals surface area contributed by atoms with E-state index in [9.17, 15) is 18.0 Å². The first-order valence-corrected chi connectivity index (χ1v) is 6.92. The van der Waals surface area contributed by atoms with E-state index in [2.05, 4.69) is 9.97 Å². The molecule has 3 rings (SSSR count). The van der Waals surface area contributed by atoms with E-state index in [1.165, 1.54) is 24.5 Å². The first-order valence-electron chi connectivity index (χ1n) is 6.92. The zero-order valence-electron chi connectivity index (χ0n) is 12.2.